The van der Waals surface area contributed by atoms with Crippen LogP contribution in [0.25, 0.3) is 0 Å². The van der Waals surface area contributed by atoms with Gasteiger partial charge in [0.25, 0.3) is 0 Å². The molecular weight excluding hydrogens is 220 g/mol. The topological polar surface area (TPSA) is 15.3 Å². The number of nitrogens with zero attached hydrogens (tertiary/aromatic N) is 1. The summed E-state index contributed by atoms with van der Waals surface area (Å²) in [5, 5.41) is 3.76. The smallest absolute Gasteiger partial charge is 0.0359 e. The van der Waals surface area contributed by atoms with Crippen molar-refractivity contribution in [3.63, 3.8) is 0 Å². The van der Waals surface area contributed by atoms with Crippen molar-refractivity contribution >= 4 is 0 Å². The lowest BCUT2D eigenvalue weighted by atomic mass is 9.71. The van der Waals surface area contributed by atoms with Gasteiger partial charge in [-0.1, -0.05) is 19.9 Å². The van der Waals surface area contributed by atoms with Gasteiger partial charge >= 0.3 is 0 Å². The molecule has 0 aromatic rings. The van der Waals surface area contributed by atoms with Crippen molar-refractivity contribution in [3.05, 3.63) is 12.7 Å². The third-order valence-corrected chi connectivity index (χ3v) is 4.72. The summed E-state index contributed by atoms with van der Waals surface area (Å²) in [6.07, 6.45) is 9.71. The zero-order valence-electron chi connectivity index (χ0n) is 12.8. The summed E-state index contributed by atoms with van der Waals surface area (Å²) in [6, 6.07) is 0.553. The molecule has 0 spiro atoms. The second kappa shape index (κ2) is 7.30. The molecule has 1 rings (SSSR count). The van der Waals surface area contributed by atoms with Gasteiger partial charge in [0.2, 0.25) is 0 Å². The van der Waals surface area contributed by atoms with Crippen LogP contribution in [-0.4, -0.2) is 37.1 Å². The fraction of sp³-hybridized carbons (Fsp3) is 0.875. The molecule has 0 aliphatic heterocycles. The standard InChI is InChI=1S/C16H32N2/c1-6-8-15(17-13-7-2)16(18(4)5)11-9-14(3)10-12-16/h6,14-15,17H,1,7-13H2,2-5H3. The average molecular weight is 252 g/mol. The normalized spacial score (nSPS) is 30.4. The lowest BCUT2D eigenvalue weighted by Crippen LogP contribution is -2.60. The number of likely N-dealkylation sites (N-methyl/N-ethyl adjacent to an activating group) is 1. The van der Waals surface area contributed by atoms with Crippen LogP contribution < -0.4 is 5.32 Å². The summed E-state index contributed by atoms with van der Waals surface area (Å²) in [5.74, 6) is 0.897. The van der Waals surface area contributed by atoms with Crippen LogP contribution in [0.5, 0.6) is 0 Å². The van der Waals surface area contributed by atoms with Crippen molar-refractivity contribution in [2.45, 2.75) is 64.0 Å². The van der Waals surface area contributed by atoms with E-state index in [0.29, 0.717) is 11.6 Å². The van der Waals surface area contributed by atoms with Gasteiger partial charge in [0.15, 0.2) is 0 Å². The van der Waals surface area contributed by atoms with Gasteiger partial charge in [-0.3, -0.25) is 0 Å². The number of hydrogen-bond acceptors (Lipinski definition) is 2. The van der Waals surface area contributed by atoms with Crippen LogP contribution in [0, 0.1) is 5.92 Å². The van der Waals surface area contributed by atoms with E-state index in [9.17, 15) is 0 Å². The molecule has 0 aromatic carbocycles. The van der Waals surface area contributed by atoms with E-state index in [1.54, 1.807) is 0 Å². The molecule has 1 saturated carbocycles. The first-order valence-electron chi connectivity index (χ1n) is 7.58. The average Bonchev–Trinajstić information content (AvgIpc) is 2.35. The Kier molecular flexibility index (Phi) is 6.37. The van der Waals surface area contributed by atoms with Gasteiger partial charge in [0, 0.05) is 11.6 Å². The van der Waals surface area contributed by atoms with E-state index in [1.165, 1.54) is 32.1 Å². The molecule has 0 amide bonds. The van der Waals surface area contributed by atoms with E-state index in [0.717, 1.165) is 18.9 Å². The van der Waals surface area contributed by atoms with E-state index >= 15 is 0 Å². The molecule has 1 fully saturated rings. The Morgan fingerprint density at radius 2 is 2.00 bits per heavy atom. The van der Waals surface area contributed by atoms with Crippen molar-refractivity contribution in [2.24, 2.45) is 5.92 Å². The largest absolute Gasteiger partial charge is 0.312 e. The van der Waals surface area contributed by atoms with E-state index < -0.39 is 0 Å². The number of rotatable bonds is 7. The molecule has 2 heteroatoms. The van der Waals surface area contributed by atoms with Crippen LogP contribution >= 0.6 is 0 Å². The van der Waals surface area contributed by atoms with Gasteiger partial charge in [-0.15, -0.1) is 6.58 Å². The molecule has 2 nitrogen and oxygen atoms in total. The maximum absolute atomic E-state index is 3.95. The van der Waals surface area contributed by atoms with E-state index in [4.69, 9.17) is 0 Å². The first kappa shape index (κ1) is 15.7. The lowest BCUT2D eigenvalue weighted by molar-refractivity contribution is 0.0444. The summed E-state index contributed by atoms with van der Waals surface area (Å²) in [6.45, 7) is 9.69. The maximum atomic E-state index is 3.95. The zero-order valence-corrected chi connectivity index (χ0v) is 12.8. The molecule has 0 bridgehead atoms. The van der Waals surface area contributed by atoms with Crippen molar-refractivity contribution < 1.29 is 0 Å². The van der Waals surface area contributed by atoms with Crippen LogP contribution in [0.2, 0.25) is 0 Å². The summed E-state index contributed by atoms with van der Waals surface area (Å²) >= 11 is 0. The van der Waals surface area contributed by atoms with Gasteiger partial charge in [0.05, 0.1) is 0 Å². The van der Waals surface area contributed by atoms with Crippen LogP contribution in [0.3, 0.4) is 0 Å². The molecular formula is C16H32N2. The highest BCUT2D eigenvalue weighted by molar-refractivity contribution is 5.03. The van der Waals surface area contributed by atoms with Crippen LogP contribution in [-0.2, 0) is 0 Å². The van der Waals surface area contributed by atoms with E-state index in [2.05, 4.69) is 50.8 Å². The third-order valence-electron chi connectivity index (χ3n) is 4.72. The Morgan fingerprint density at radius 1 is 1.39 bits per heavy atom. The Bertz CT molecular complexity index is 239. The molecule has 106 valence electrons. The summed E-state index contributed by atoms with van der Waals surface area (Å²) in [4.78, 5) is 2.47. The van der Waals surface area contributed by atoms with Gasteiger partial charge in [-0.05, 0) is 65.1 Å². The minimum Gasteiger partial charge on any atom is -0.312 e. The Hall–Kier alpha value is -0.340. The van der Waals surface area contributed by atoms with Crippen molar-refractivity contribution in [1.29, 1.82) is 0 Å². The molecule has 1 N–H and O–H groups in total. The monoisotopic (exact) mass is 252 g/mol. The first-order valence-corrected chi connectivity index (χ1v) is 7.58. The Labute approximate surface area is 114 Å². The zero-order chi connectivity index (χ0) is 13.6. The summed E-state index contributed by atoms with van der Waals surface area (Å²) in [5.41, 5.74) is 0.329. The second-order valence-corrected chi connectivity index (χ2v) is 6.21. The predicted octanol–water partition coefficient (Wildman–Crippen LogP) is 3.44. The molecule has 18 heavy (non-hydrogen) atoms. The second-order valence-electron chi connectivity index (χ2n) is 6.21. The third kappa shape index (κ3) is 3.58. The van der Waals surface area contributed by atoms with Crippen molar-refractivity contribution in [1.82, 2.24) is 10.2 Å². The SMILES string of the molecule is C=CCC(NCCC)C1(N(C)C)CCC(C)CC1. The molecule has 1 unspecified atom stereocenters. The molecule has 0 aromatic heterocycles. The molecule has 0 saturated heterocycles. The number of hydrogen-bond donors (Lipinski definition) is 1. The van der Waals surface area contributed by atoms with Gasteiger partial charge in [-0.2, -0.15) is 0 Å². The highest BCUT2D eigenvalue weighted by atomic mass is 15.2. The van der Waals surface area contributed by atoms with Gasteiger partial charge in [-0.25, -0.2) is 0 Å². The molecule has 1 aliphatic rings. The number of nitrogens with one attached hydrogen (secondary N) is 1. The van der Waals surface area contributed by atoms with Crippen LogP contribution in [0.15, 0.2) is 12.7 Å². The Balaban J connectivity index is 2.81. The fourth-order valence-electron chi connectivity index (χ4n) is 3.35. The van der Waals surface area contributed by atoms with Gasteiger partial charge in [0.1, 0.15) is 0 Å². The van der Waals surface area contributed by atoms with Gasteiger partial charge < -0.3 is 10.2 Å². The molecule has 1 atom stereocenters. The summed E-state index contributed by atoms with van der Waals surface area (Å²) in [7, 11) is 4.50. The van der Waals surface area contributed by atoms with Crippen molar-refractivity contribution in [3.8, 4) is 0 Å². The molecule has 0 heterocycles. The molecule has 0 radical (unpaired) electrons. The fourth-order valence-corrected chi connectivity index (χ4v) is 3.35. The Morgan fingerprint density at radius 3 is 2.44 bits per heavy atom. The highest BCUT2D eigenvalue weighted by Crippen LogP contribution is 2.38. The minimum atomic E-state index is 0.329. The van der Waals surface area contributed by atoms with Crippen LogP contribution in [0.1, 0.15) is 52.4 Å². The molecule has 1 aliphatic carbocycles. The van der Waals surface area contributed by atoms with E-state index in [1.807, 2.05) is 0 Å². The van der Waals surface area contributed by atoms with E-state index in [-0.39, 0.29) is 0 Å². The quantitative estimate of drug-likeness (QED) is 0.698. The highest BCUT2D eigenvalue weighted by Gasteiger charge is 2.41. The predicted molar refractivity (Wildman–Crippen MR) is 80.9 cm³/mol. The lowest BCUT2D eigenvalue weighted by Gasteiger charge is -2.50. The maximum Gasteiger partial charge on any atom is 0.0359 e. The minimum absolute atomic E-state index is 0.329. The summed E-state index contributed by atoms with van der Waals surface area (Å²) < 4.78 is 0. The van der Waals surface area contributed by atoms with Crippen LogP contribution in [0.4, 0.5) is 0 Å². The van der Waals surface area contributed by atoms with Crippen molar-refractivity contribution in [2.75, 3.05) is 20.6 Å². The first-order chi connectivity index (χ1) is 8.56.